The molecule has 13 heteroatoms. The van der Waals surface area contributed by atoms with Gasteiger partial charge in [-0.05, 0) is 69.3 Å². The van der Waals surface area contributed by atoms with Gasteiger partial charge in [-0.2, -0.15) is 13.2 Å². The van der Waals surface area contributed by atoms with E-state index in [2.05, 4.69) is 10.3 Å². The molecular weight excluding hydrogens is 562 g/mol. The summed E-state index contributed by atoms with van der Waals surface area (Å²) < 4.78 is 73.7. The highest BCUT2D eigenvalue weighted by atomic mass is 19.4. The third-order valence-corrected chi connectivity index (χ3v) is 6.81. The minimum Gasteiger partial charge on any atom is -0.493 e. The Morgan fingerprint density at radius 1 is 1.14 bits per heavy atom. The molecule has 0 spiro atoms. The van der Waals surface area contributed by atoms with E-state index >= 15 is 0 Å². The number of aliphatic hydroxyl groups excluding tert-OH is 1. The molecule has 1 aromatic heterocycles. The fourth-order valence-electron chi connectivity index (χ4n) is 4.29. The van der Waals surface area contributed by atoms with Gasteiger partial charge in [0.05, 0.1) is 31.5 Å². The number of nitrogens with one attached hydrogen (secondary N) is 1. The summed E-state index contributed by atoms with van der Waals surface area (Å²) in [4.78, 5) is 17.1. The molecule has 0 aliphatic carbocycles. The quantitative estimate of drug-likeness (QED) is 0.275. The standard InChI is InChI=1S/C29H31F4N3O6/c1-26(2,14-37)42-20-10-7-17(11-21(20)40-4)25(38)35-13-28(39,29(31,32)33)22-12-19-24(41-15-27(19,3)34)23(36-22)16-5-8-18(30)9-6-16/h5-12,37,39H,13-15,34H2,1-4H3,(H,35,38). The number of halogens is 4. The maximum absolute atomic E-state index is 14.5. The monoisotopic (exact) mass is 593 g/mol. The Hall–Kier alpha value is -3.94. The number of aliphatic hydroxyl groups is 2. The highest BCUT2D eigenvalue weighted by Crippen LogP contribution is 2.46. The van der Waals surface area contributed by atoms with Gasteiger partial charge in [0, 0.05) is 16.7 Å². The summed E-state index contributed by atoms with van der Waals surface area (Å²) in [5.74, 6) is -1.11. The molecule has 226 valence electrons. The first-order valence-electron chi connectivity index (χ1n) is 12.8. The van der Waals surface area contributed by atoms with Crippen LogP contribution in [0.15, 0.2) is 48.5 Å². The second kappa shape index (κ2) is 11.0. The summed E-state index contributed by atoms with van der Waals surface area (Å²) >= 11 is 0. The van der Waals surface area contributed by atoms with Gasteiger partial charge in [0.15, 0.2) is 17.2 Å². The normalized spacial score (nSPS) is 18.1. The first kappa shape index (κ1) is 31.0. The fourth-order valence-corrected chi connectivity index (χ4v) is 4.29. The summed E-state index contributed by atoms with van der Waals surface area (Å²) in [5, 5.41) is 22.7. The van der Waals surface area contributed by atoms with Crippen LogP contribution in [-0.2, 0) is 11.1 Å². The Morgan fingerprint density at radius 3 is 2.40 bits per heavy atom. The number of nitrogens with zero attached hydrogens (tertiary/aromatic N) is 1. The minimum atomic E-state index is -5.29. The molecule has 9 nitrogen and oxygen atoms in total. The number of aromatic nitrogens is 1. The van der Waals surface area contributed by atoms with Crippen LogP contribution in [0.2, 0.25) is 0 Å². The number of carbonyl (C=O) groups is 1. The number of pyridine rings is 1. The first-order valence-corrected chi connectivity index (χ1v) is 12.8. The number of hydrogen-bond acceptors (Lipinski definition) is 8. The zero-order valence-corrected chi connectivity index (χ0v) is 23.3. The molecule has 0 saturated heterocycles. The van der Waals surface area contributed by atoms with Crippen molar-refractivity contribution in [3.63, 3.8) is 0 Å². The van der Waals surface area contributed by atoms with E-state index in [0.29, 0.717) is 0 Å². The van der Waals surface area contributed by atoms with Crippen molar-refractivity contribution in [2.75, 3.05) is 26.9 Å². The number of hydrogen-bond donors (Lipinski definition) is 4. The van der Waals surface area contributed by atoms with Crippen molar-refractivity contribution in [1.82, 2.24) is 10.3 Å². The van der Waals surface area contributed by atoms with E-state index in [1.165, 1.54) is 37.4 Å². The van der Waals surface area contributed by atoms with Crippen LogP contribution in [0.25, 0.3) is 11.3 Å². The van der Waals surface area contributed by atoms with Crippen LogP contribution in [0.3, 0.4) is 0 Å². The zero-order chi connectivity index (χ0) is 31.1. The van der Waals surface area contributed by atoms with Gasteiger partial charge >= 0.3 is 6.18 Å². The summed E-state index contributed by atoms with van der Waals surface area (Å²) in [6.45, 7) is 3.11. The molecule has 1 aliphatic heterocycles. The summed E-state index contributed by atoms with van der Waals surface area (Å²) in [7, 11) is 1.31. The fraction of sp³-hybridized carbons (Fsp3) is 0.379. The first-order chi connectivity index (χ1) is 19.5. The molecule has 2 atom stereocenters. The van der Waals surface area contributed by atoms with E-state index in [0.717, 1.165) is 18.2 Å². The van der Waals surface area contributed by atoms with Crippen molar-refractivity contribution in [3.8, 4) is 28.5 Å². The van der Waals surface area contributed by atoms with Crippen molar-refractivity contribution in [2.45, 2.75) is 43.7 Å². The molecule has 2 aromatic carbocycles. The third kappa shape index (κ3) is 5.98. The molecule has 5 N–H and O–H groups in total. The second-order valence-corrected chi connectivity index (χ2v) is 10.9. The molecule has 42 heavy (non-hydrogen) atoms. The molecule has 0 radical (unpaired) electrons. The number of alkyl halides is 3. The Bertz CT molecular complexity index is 1480. The number of methoxy groups -OCH3 is 1. The number of ether oxygens (including phenoxy) is 3. The van der Waals surface area contributed by atoms with E-state index in [-0.39, 0.29) is 52.8 Å². The van der Waals surface area contributed by atoms with Crippen LogP contribution in [-0.4, -0.2) is 59.7 Å². The van der Waals surface area contributed by atoms with Crippen molar-refractivity contribution in [3.05, 3.63) is 71.2 Å². The van der Waals surface area contributed by atoms with Crippen molar-refractivity contribution in [1.29, 1.82) is 0 Å². The number of benzene rings is 2. The largest absolute Gasteiger partial charge is 0.493 e. The van der Waals surface area contributed by atoms with E-state index in [4.69, 9.17) is 19.9 Å². The van der Waals surface area contributed by atoms with Gasteiger partial charge in [0.2, 0.25) is 5.60 Å². The van der Waals surface area contributed by atoms with Gasteiger partial charge in [-0.3, -0.25) is 4.79 Å². The summed E-state index contributed by atoms with van der Waals surface area (Å²) in [5.41, 5.74) is -0.145. The topological polar surface area (TPSA) is 136 Å². The van der Waals surface area contributed by atoms with Crippen LogP contribution in [0.1, 0.15) is 42.4 Å². The van der Waals surface area contributed by atoms with Crippen LogP contribution >= 0.6 is 0 Å². The minimum absolute atomic E-state index is 0.0696. The van der Waals surface area contributed by atoms with Crippen molar-refractivity contribution >= 4 is 5.91 Å². The predicted molar refractivity (Wildman–Crippen MR) is 144 cm³/mol. The van der Waals surface area contributed by atoms with Gasteiger partial charge in [0.1, 0.15) is 23.7 Å². The van der Waals surface area contributed by atoms with Crippen LogP contribution in [0, 0.1) is 5.82 Å². The summed E-state index contributed by atoms with van der Waals surface area (Å²) in [6.07, 6.45) is -5.29. The Labute approximate surface area is 239 Å². The van der Waals surface area contributed by atoms with Crippen LogP contribution < -0.4 is 25.3 Å². The van der Waals surface area contributed by atoms with Gasteiger partial charge in [-0.25, -0.2) is 9.37 Å². The number of carbonyl (C=O) groups excluding carboxylic acids is 1. The maximum atomic E-state index is 14.5. The Kier molecular flexibility index (Phi) is 8.15. The molecule has 0 fully saturated rings. The highest BCUT2D eigenvalue weighted by molar-refractivity contribution is 5.95. The van der Waals surface area contributed by atoms with Gasteiger partial charge in [-0.15, -0.1) is 0 Å². The predicted octanol–water partition coefficient (Wildman–Crippen LogP) is 3.79. The lowest BCUT2D eigenvalue weighted by Crippen LogP contribution is -2.51. The van der Waals surface area contributed by atoms with E-state index in [9.17, 15) is 32.6 Å². The van der Waals surface area contributed by atoms with Crippen molar-refractivity contribution in [2.24, 2.45) is 5.73 Å². The lowest BCUT2D eigenvalue weighted by molar-refractivity contribution is -0.265. The van der Waals surface area contributed by atoms with E-state index in [1.807, 2.05) is 0 Å². The van der Waals surface area contributed by atoms with Crippen LogP contribution in [0.5, 0.6) is 17.2 Å². The second-order valence-electron chi connectivity index (χ2n) is 10.9. The maximum Gasteiger partial charge on any atom is 0.424 e. The average Bonchev–Trinajstić information content (AvgIpc) is 3.25. The van der Waals surface area contributed by atoms with Crippen LogP contribution in [0.4, 0.5) is 17.6 Å². The number of fused-ring (bicyclic) bond motifs is 1. The molecule has 0 bridgehead atoms. The van der Waals surface area contributed by atoms with E-state index in [1.54, 1.807) is 20.8 Å². The number of rotatable bonds is 9. The Morgan fingerprint density at radius 2 is 1.81 bits per heavy atom. The molecule has 1 aliphatic rings. The number of amides is 1. The molecule has 3 aromatic rings. The molecule has 4 rings (SSSR count). The van der Waals surface area contributed by atoms with Gasteiger partial charge in [-0.1, -0.05) is 0 Å². The van der Waals surface area contributed by atoms with E-state index < -0.39 is 46.9 Å². The molecule has 2 unspecified atom stereocenters. The highest BCUT2D eigenvalue weighted by Gasteiger charge is 2.57. The molecular formula is C29H31F4N3O6. The zero-order valence-electron chi connectivity index (χ0n) is 23.3. The molecule has 2 heterocycles. The summed E-state index contributed by atoms with van der Waals surface area (Å²) in [6, 6.07) is 9.78. The average molecular weight is 594 g/mol. The molecule has 0 saturated carbocycles. The third-order valence-electron chi connectivity index (χ3n) is 6.81. The van der Waals surface area contributed by atoms with Crippen molar-refractivity contribution < 1.29 is 46.8 Å². The Balaban J connectivity index is 1.70. The lowest BCUT2D eigenvalue weighted by Gasteiger charge is -2.31. The smallest absolute Gasteiger partial charge is 0.424 e. The lowest BCUT2D eigenvalue weighted by atomic mass is 9.89. The van der Waals surface area contributed by atoms with Gasteiger partial charge < -0.3 is 35.5 Å². The SMILES string of the molecule is COc1cc(C(=O)NCC(O)(c2cc3c(c(-c4ccc(F)cc4)n2)OCC3(C)N)C(F)(F)F)ccc1OC(C)(C)CO. The van der Waals surface area contributed by atoms with Gasteiger partial charge in [0.25, 0.3) is 5.91 Å². The molecule has 1 amide bonds. The number of nitrogens with two attached hydrogens (primary N) is 1.